The van der Waals surface area contributed by atoms with Crippen molar-refractivity contribution >= 4 is 17.9 Å². The number of carbonyl (C=O) groups excluding carboxylic acids is 3. The van der Waals surface area contributed by atoms with Gasteiger partial charge in [-0.25, -0.2) is 4.79 Å². The molecule has 1 aliphatic heterocycles. The molecule has 0 aromatic carbocycles. The highest BCUT2D eigenvalue weighted by Crippen LogP contribution is 2.20. The Balaban J connectivity index is 2.65. The lowest BCUT2D eigenvalue weighted by Crippen LogP contribution is -2.54. The number of hydrogen-bond acceptors (Lipinski definition) is 4. The molecule has 0 radical (unpaired) electrons. The average molecular weight is 341 g/mol. The van der Waals surface area contributed by atoms with Crippen molar-refractivity contribution in [3.8, 4) is 0 Å². The predicted octanol–water partition coefficient (Wildman–Crippen LogP) is 1.76. The highest BCUT2D eigenvalue weighted by Gasteiger charge is 2.34. The standard InChI is InChI=1S/C17H31N3O4/c1-6-19(7-2)14(21)12-18-15(22)13-10-8-9-11-20(13)16(23)24-17(3,4)5/h13H,6-12H2,1-5H3,(H,18,22)/t13-/m0/s1. The summed E-state index contributed by atoms with van der Waals surface area (Å²) in [4.78, 5) is 39.9. The van der Waals surface area contributed by atoms with E-state index in [2.05, 4.69) is 5.32 Å². The van der Waals surface area contributed by atoms with Gasteiger partial charge in [0.25, 0.3) is 0 Å². The molecule has 0 unspecified atom stereocenters. The second-order valence-corrected chi connectivity index (χ2v) is 6.97. The summed E-state index contributed by atoms with van der Waals surface area (Å²) in [5, 5.41) is 2.67. The molecule has 1 fully saturated rings. The van der Waals surface area contributed by atoms with Gasteiger partial charge in [-0.3, -0.25) is 14.5 Å². The van der Waals surface area contributed by atoms with Crippen LogP contribution in [0.25, 0.3) is 0 Å². The van der Waals surface area contributed by atoms with Gasteiger partial charge >= 0.3 is 6.09 Å². The zero-order valence-corrected chi connectivity index (χ0v) is 15.6. The number of hydrogen-bond donors (Lipinski definition) is 1. The molecule has 0 aromatic heterocycles. The van der Waals surface area contributed by atoms with Crippen molar-refractivity contribution < 1.29 is 19.1 Å². The van der Waals surface area contributed by atoms with Crippen LogP contribution < -0.4 is 5.32 Å². The summed E-state index contributed by atoms with van der Waals surface area (Å²) in [6, 6.07) is -0.571. The Hall–Kier alpha value is -1.79. The molecule has 24 heavy (non-hydrogen) atoms. The molecule has 1 heterocycles. The van der Waals surface area contributed by atoms with Crippen LogP contribution in [-0.4, -0.2) is 65.5 Å². The maximum absolute atomic E-state index is 12.5. The number of nitrogens with one attached hydrogen (secondary N) is 1. The first kappa shape index (κ1) is 20.3. The van der Waals surface area contributed by atoms with Crippen molar-refractivity contribution in [1.29, 1.82) is 0 Å². The van der Waals surface area contributed by atoms with Crippen LogP contribution in [0.15, 0.2) is 0 Å². The number of carbonyl (C=O) groups is 3. The van der Waals surface area contributed by atoms with Crippen molar-refractivity contribution in [2.45, 2.75) is 65.5 Å². The Bertz CT molecular complexity index is 455. The van der Waals surface area contributed by atoms with Gasteiger partial charge in [0.15, 0.2) is 0 Å². The topological polar surface area (TPSA) is 79.0 Å². The Morgan fingerprint density at radius 3 is 2.33 bits per heavy atom. The second kappa shape index (κ2) is 8.89. The Kier molecular flexibility index (Phi) is 7.51. The Morgan fingerprint density at radius 2 is 1.79 bits per heavy atom. The van der Waals surface area contributed by atoms with E-state index >= 15 is 0 Å². The van der Waals surface area contributed by atoms with Crippen molar-refractivity contribution in [1.82, 2.24) is 15.1 Å². The zero-order valence-electron chi connectivity index (χ0n) is 15.6. The van der Waals surface area contributed by atoms with Crippen LogP contribution in [0.3, 0.4) is 0 Å². The third-order valence-corrected chi connectivity index (χ3v) is 3.96. The molecule has 0 aliphatic carbocycles. The number of amides is 3. The largest absolute Gasteiger partial charge is 0.444 e. The molecular weight excluding hydrogens is 310 g/mol. The van der Waals surface area contributed by atoms with E-state index in [0.717, 1.165) is 12.8 Å². The highest BCUT2D eigenvalue weighted by atomic mass is 16.6. The zero-order chi connectivity index (χ0) is 18.3. The molecule has 0 bridgehead atoms. The van der Waals surface area contributed by atoms with E-state index in [1.165, 1.54) is 4.90 Å². The molecule has 1 aliphatic rings. The van der Waals surface area contributed by atoms with E-state index in [1.807, 2.05) is 13.8 Å². The van der Waals surface area contributed by atoms with Gasteiger partial charge in [0.05, 0.1) is 6.54 Å². The van der Waals surface area contributed by atoms with E-state index in [9.17, 15) is 14.4 Å². The molecule has 7 heteroatoms. The second-order valence-electron chi connectivity index (χ2n) is 6.97. The third kappa shape index (κ3) is 6.02. The minimum absolute atomic E-state index is 0.0425. The summed E-state index contributed by atoms with van der Waals surface area (Å²) in [5.74, 6) is -0.408. The van der Waals surface area contributed by atoms with Gasteiger partial charge in [0, 0.05) is 19.6 Å². The number of nitrogens with zero attached hydrogens (tertiary/aromatic N) is 2. The van der Waals surface area contributed by atoms with E-state index in [-0.39, 0.29) is 18.4 Å². The number of ether oxygens (including phenoxy) is 1. The smallest absolute Gasteiger partial charge is 0.410 e. The fourth-order valence-electron chi connectivity index (χ4n) is 2.71. The molecule has 0 saturated carbocycles. The molecular formula is C17H31N3O4. The van der Waals surface area contributed by atoms with E-state index in [1.54, 1.807) is 25.7 Å². The summed E-state index contributed by atoms with van der Waals surface area (Å²) in [5.41, 5.74) is -0.603. The van der Waals surface area contributed by atoms with Crippen LogP contribution in [0.4, 0.5) is 4.79 Å². The Labute approximate surface area is 144 Å². The summed E-state index contributed by atoms with van der Waals surface area (Å²) >= 11 is 0. The van der Waals surface area contributed by atoms with Gasteiger partial charge in [-0.05, 0) is 53.9 Å². The lowest BCUT2D eigenvalue weighted by atomic mass is 10.0. The maximum Gasteiger partial charge on any atom is 0.410 e. The minimum Gasteiger partial charge on any atom is -0.444 e. The SMILES string of the molecule is CCN(CC)C(=O)CNC(=O)[C@@H]1CCCCN1C(=O)OC(C)(C)C. The van der Waals surface area contributed by atoms with Crippen molar-refractivity contribution in [2.24, 2.45) is 0 Å². The fraction of sp³-hybridized carbons (Fsp3) is 0.824. The van der Waals surface area contributed by atoms with Crippen LogP contribution in [0.1, 0.15) is 53.9 Å². The normalized spacial score (nSPS) is 18.0. The van der Waals surface area contributed by atoms with Gasteiger partial charge in [-0.2, -0.15) is 0 Å². The van der Waals surface area contributed by atoms with Gasteiger partial charge in [0.1, 0.15) is 11.6 Å². The Morgan fingerprint density at radius 1 is 1.17 bits per heavy atom. The summed E-state index contributed by atoms with van der Waals surface area (Å²) < 4.78 is 5.39. The maximum atomic E-state index is 12.5. The number of likely N-dealkylation sites (N-methyl/N-ethyl adjacent to an activating group) is 1. The fourth-order valence-corrected chi connectivity index (χ4v) is 2.71. The highest BCUT2D eigenvalue weighted by molar-refractivity contribution is 5.89. The van der Waals surface area contributed by atoms with Crippen molar-refractivity contribution in [3.63, 3.8) is 0 Å². The van der Waals surface area contributed by atoms with Crippen LogP contribution in [0, 0.1) is 0 Å². The number of likely N-dealkylation sites (tertiary alicyclic amines) is 1. The average Bonchev–Trinajstić information content (AvgIpc) is 2.52. The quantitative estimate of drug-likeness (QED) is 0.826. The van der Waals surface area contributed by atoms with Gasteiger partial charge in [0.2, 0.25) is 11.8 Å². The van der Waals surface area contributed by atoms with E-state index < -0.39 is 17.7 Å². The molecule has 7 nitrogen and oxygen atoms in total. The lowest BCUT2D eigenvalue weighted by Gasteiger charge is -2.35. The molecule has 138 valence electrons. The monoisotopic (exact) mass is 341 g/mol. The van der Waals surface area contributed by atoms with Gasteiger partial charge in [-0.15, -0.1) is 0 Å². The molecule has 1 N–H and O–H groups in total. The first-order valence-electron chi connectivity index (χ1n) is 8.74. The molecule has 0 spiro atoms. The first-order valence-corrected chi connectivity index (χ1v) is 8.74. The van der Waals surface area contributed by atoms with Crippen molar-refractivity contribution in [2.75, 3.05) is 26.2 Å². The van der Waals surface area contributed by atoms with Gasteiger partial charge in [-0.1, -0.05) is 0 Å². The van der Waals surface area contributed by atoms with Gasteiger partial charge < -0.3 is 15.0 Å². The molecule has 1 rings (SSSR count). The number of rotatable bonds is 5. The number of piperidine rings is 1. The predicted molar refractivity (Wildman–Crippen MR) is 91.5 cm³/mol. The third-order valence-electron chi connectivity index (χ3n) is 3.96. The summed E-state index contributed by atoms with van der Waals surface area (Å²) in [7, 11) is 0. The summed E-state index contributed by atoms with van der Waals surface area (Å²) in [6.45, 7) is 10.9. The molecule has 1 atom stereocenters. The molecule has 1 saturated heterocycles. The first-order chi connectivity index (χ1) is 11.2. The summed E-state index contributed by atoms with van der Waals surface area (Å²) in [6.07, 6.45) is 1.84. The van der Waals surface area contributed by atoms with Crippen LogP contribution in [0.5, 0.6) is 0 Å². The van der Waals surface area contributed by atoms with E-state index in [0.29, 0.717) is 26.1 Å². The van der Waals surface area contributed by atoms with Crippen LogP contribution in [0.2, 0.25) is 0 Å². The van der Waals surface area contributed by atoms with E-state index in [4.69, 9.17) is 4.74 Å². The molecule has 3 amide bonds. The lowest BCUT2D eigenvalue weighted by molar-refractivity contribution is -0.134. The molecule has 0 aromatic rings. The van der Waals surface area contributed by atoms with Crippen LogP contribution >= 0.6 is 0 Å². The van der Waals surface area contributed by atoms with Crippen LogP contribution in [-0.2, 0) is 14.3 Å². The minimum atomic E-state index is -0.603. The van der Waals surface area contributed by atoms with Crippen molar-refractivity contribution in [3.05, 3.63) is 0 Å².